The maximum atomic E-state index is 10.8. The molecule has 1 atom stereocenters. The number of rotatable bonds is 3. The van der Waals surface area contributed by atoms with Crippen LogP contribution in [0.3, 0.4) is 0 Å². The molecule has 3 rings (SSSR count). The van der Waals surface area contributed by atoms with Crippen LogP contribution in [0.2, 0.25) is 0 Å². The van der Waals surface area contributed by atoms with Crippen molar-refractivity contribution in [3.8, 4) is 0 Å². The van der Waals surface area contributed by atoms with Gasteiger partial charge in [0.05, 0.1) is 6.54 Å². The standard InChI is InChI=1S/C17H19N3O.HI/c18-16(20-14-7-2-1-3-8-14)19-12-17(21)11-10-13-6-4-5-9-15(13)17;/h1-9,21H,10-12H2,(H3,18,19,20);1H. The molecule has 0 saturated heterocycles. The first-order valence-corrected chi connectivity index (χ1v) is 7.10. The molecule has 0 fully saturated rings. The zero-order valence-corrected chi connectivity index (χ0v) is 14.5. The first-order valence-electron chi connectivity index (χ1n) is 7.10. The minimum absolute atomic E-state index is 0. The largest absolute Gasteiger partial charge is 0.383 e. The fraction of sp³-hybridized carbons (Fsp3) is 0.235. The van der Waals surface area contributed by atoms with Crippen LogP contribution in [0.15, 0.2) is 59.6 Å². The lowest BCUT2D eigenvalue weighted by molar-refractivity contribution is 0.0487. The number of hydrogen-bond donors (Lipinski definition) is 3. The summed E-state index contributed by atoms with van der Waals surface area (Å²) in [7, 11) is 0. The molecule has 2 aromatic rings. The number of aliphatic hydroxyl groups is 1. The number of guanidine groups is 1. The fourth-order valence-electron chi connectivity index (χ4n) is 2.76. The van der Waals surface area contributed by atoms with E-state index in [9.17, 15) is 5.11 Å². The molecular formula is C17H20IN3O. The number of halogens is 1. The van der Waals surface area contributed by atoms with Crippen molar-refractivity contribution in [3.05, 3.63) is 65.7 Å². The Morgan fingerprint density at radius 2 is 1.82 bits per heavy atom. The van der Waals surface area contributed by atoms with Crippen molar-refractivity contribution in [3.63, 3.8) is 0 Å². The molecule has 0 saturated carbocycles. The van der Waals surface area contributed by atoms with Gasteiger partial charge in [0.25, 0.3) is 0 Å². The van der Waals surface area contributed by atoms with E-state index in [0.29, 0.717) is 12.4 Å². The number of aryl methyl sites for hydroxylation is 1. The summed E-state index contributed by atoms with van der Waals surface area (Å²) in [5, 5.41) is 13.8. The van der Waals surface area contributed by atoms with Gasteiger partial charge in [0.15, 0.2) is 5.96 Å². The summed E-state index contributed by atoms with van der Waals surface area (Å²) in [4.78, 5) is 4.31. The predicted octanol–water partition coefficient (Wildman–Crippen LogP) is 2.87. The van der Waals surface area contributed by atoms with Crippen molar-refractivity contribution in [2.24, 2.45) is 10.7 Å². The molecule has 1 aliphatic carbocycles. The van der Waals surface area contributed by atoms with Gasteiger partial charge in [0, 0.05) is 5.69 Å². The molecule has 0 bridgehead atoms. The van der Waals surface area contributed by atoms with E-state index in [1.807, 2.05) is 48.5 Å². The van der Waals surface area contributed by atoms with Crippen LogP contribution in [-0.4, -0.2) is 17.6 Å². The highest BCUT2D eigenvalue weighted by molar-refractivity contribution is 14.0. The van der Waals surface area contributed by atoms with E-state index in [1.54, 1.807) is 0 Å². The van der Waals surface area contributed by atoms with Crippen LogP contribution in [0.1, 0.15) is 17.5 Å². The average Bonchev–Trinajstić information content (AvgIpc) is 2.85. The van der Waals surface area contributed by atoms with Crippen LogP contribution in [0.25, 0.3) is 0 Å². The van der Waals surface area contributed by atoms with Gasteiger partial charge in [0.2, 0.25) is 0 Å². The Kier molecular flexibility index (Phi) is 5.42. The molecular weight excluding hydrogens is 389 g/mol. The third kappa shape index (κ3) is 3.59. The lowest BCUT2D eigenvalue weighted by Gasteiger charge is -2.22. The number of fused-ring (bicyclic) bond motifs is 1. The van der Waals surface area contributed by atoms with Gasteiger partial charge in [-0.05, 0) is 36.1 Å². The summed E-state index contributed by atoms with van der Waals surface area (Å²) >= 11 is 0. The van der Waals surface area contributed by atoms with Crippen molar-refractivity contribution in [1.29, 1.82) is 0 Å². The average molecular weight is 409 g/mol. The molecule has 4 nitrogen and oxygen atoms in total. The molecule has 0 aromatic heterocycles. The van der Waals surface area contributed by atoms with Crippen LogP contribution in [0.4, 0.5) is 5.69 Å². The van der Waals surface area contributed by atoms with E-state index in [0.717, 1.165) is 17.7 Å². The predicted molar refractivity (Wildman–Crippen MR) is 101 cm³/mol. The molecule has 22 heavy (non-hydrogen) atoms. The molecule has 5 heteroatoms. The van der Waals surface area contributed by atoms with Crippen molar-refractivity contribution in [1.82, 2.24) is 0 Å². The van der Waals surface area contributed by atoms with E-state index < -0.39 is 5.60 Å². The highest BCUT2D eigenvalue weighted by atomic mass is 127. The van der Waals surface area contributed by atoms with Gasteiger partial charge in [-0.1, -0.05) is 42.5 Å². The maximum Gasteiger partial charge on any atom is 0.193 e. The Balaban J connectivity index is 0.00000176. The molecule has 0 aliphatic heterocycles. The van der Waals surface area contributed by atoms with Crippen LogP contribution in [-0.2, 0) is 12.0 Å². The minimum Gasteiger partial charge on any atom is -0.383 e. The van der Waals surface area contributed by atoms with Crippen molar-refractivity contribution < 1.29 is 5.11 Å². The lowest BCUT2D eigenvalue weighted by atomic mass is 9.96. The topological polar surface area (TPSA) is 70.6 Å². The van der Waals surface area contributed by atoms with Crippen molar-refractivity contribution in [2.45, 2.75) is 18.4 Å². The lowest BCUT2D eigenvalue weighted by Crippen LogP contribution is -2.30. The molecule has 1 aliphatic rings. The summed E-state index contributed by atoms with van der Waals surface area (Å²) in [5.74, 6) is 0.319. The number of nitrogens with two attached hydrogens (primary N) is 1. The number of benzene rings is 2. The number of nitrogens with zero attached hydrogens (tertiary/aromatic N) is 1. The Labute approximate surface area is 147 Å². The van der Waals surface area contributed by atoms with Gasteiger partial charge in [-0.15, -0.1) is 24.0 Å². The van der Waals surface area contributed by atoms with Gasteiger partial charge < -0.3 is 16.2 Å². The molecule has 0 radical (unpaired) electrons. The molecule has 4 N–H and O–H groups in total. The van der Waals surface area contributed by atoms with Gasteiger partial charge in [0.1, 0.15) is 5.60 Å². The highest BCUT2D eigenvalue weighted by Crippen LogP contribution is 2.36. The number of hydrogen-bond acceptors (Lipinski definition) is 2. The molecule has 2 aromatic carbocycles. The Hall–Kier alpha value is -1.60. The molecule has 0 heterocycles. The van der Waals surface area contributed by atoms with Gasteiger partial charge >= 0.3 is 0 Å². The summed E-state index contributed by atoms with van der Waals surface area (Å²) in [6.45, 7) is 0.273. The van der Waals surface area contributed by atoms with Crippen molar-refractivity contribution >= 4 is 35.6 Å². The van der Waals surface area contributed by atoms with Crippen LogP contribution >= 0.6 is 24.0 Å². The first kappa shape index (κ1) is 16.8. The summed E-state index contributed by atoms with van der Waals surface area (Å²) in [6.07, 6.45) is 1.57. The summed E-state index contributed by atoms with van der Waals surface area (Å²) < 4.78 is 0. The highest BCUT2D eigenvalue weighted by Gasteiger charge is 2.36. The molecule has 0 amide bonds. The monoisotopic (exact) mass is 409 g/mol. The van der Waals surface area contributed by atoms with Gasteiger partial charge in [-0.3, -0.25) is 0 Å². The van der Waals surface area contributed by atoms with Crippen LogP contribution in [0.5, 0.6) is 0 Å². The number of anilines is 1. The van der Waals surface area contributed by atoms with E-state index in [2.05, 4.69) is 16.4 Å². The van der Waals surface area contributed by atoms with Gasteiger partial charge in [-0.25, -0.2) is 4.99 Å². The second kappa shape index (κ2) is 7.11. The minimum atomic E-state index is -0.903. The molecule has 1 unspecified atom stereocenters. The van der Waals surface area contributed by atoms with Crippen molar-refractivity contribution in [2.75, 3.05) is 11.9 Å². The zero-order chi connectivity index (χ0) is 14.7. The fourth-order valence-corrected chi connectivity index (χ4v) is 2.76. The van der Waals surface area contributed by atoms with Gasteiger partial charge in [-0.2, -0.15) is 0 Å². The third-order valence-electron chi connectivity index (χ3n) is 3.88. The second-order valence-electron chi connectivity index (χ2n) is 5.38. The smallest absolute Gasteiger partial charge is 0.193 e. The van der Waals surface area contributed by atoms with E-state index >= 15 is 0 Å². The van der Waals surface area contributed by atoms with E-state index in [4.69, 9.17) is 5.73 Å². The van der Waals surface area contributed by atoms with Crippen LogP contribution < -0.4 is 11.1 Å². The zero-order valence-electron chi connectivity index (χ0n) is 12.2. The second-order valence-corrected chi connectivity index (χ2v) is 5.38. The Morgan fingerprint density at radius 1 is 1.14 bits per heavy atom. The molecule has 116 valence electrons. The number of para-hydroxylation sites is 1. The summed E-state index contributed by atoms with van der Waals surface area (Å²) in [6, 6.07) is 17.6. The summed E-state index contributed by atoms with van der Waals surface area (Å²) in [5.41, 5.74) is 8.05. The third-order valence-corrected chi connectivity index (χ3v) is 3.88. The van der Waals surface area contributed by atoms with E-state index in [-0.39, 0.29) is 30.5 Å². The molecule has 0 spiro atoms. The Morgan fingerprint density at radius 3 is 2.59 bits per heavy atom. The number of nitrogens with one attached hydrogen (secondary N) is 1. The quantitative estimate of drug-likeness (QED) is 0.415. The SMILES string of the molecule is I.NC(=NCC1(O)CCc2ccccc21)Nc1ccccc1. The first-order chi connectivity index (χ1) is 10.2. The maximum absolute atomic E-state index is 10.8. The normalized spacial score (nSPS) is 20.1. The Bertz CT molecular complexity index is 660. The van der Waals surface area contributed by atoms with E-state index in [1.165, 1.54) is 5.56 Å². The van der Waals surface area contributed by atoms with Crippen LogP contribution in [0, 0.1) is 0 Å². The number of aliphatic imine (C=N–C) groups is 1.